The van der Waals surface area contributed by atoms with Gasteiger partial charge < -0.3 is 15.4 Å². The Labute approximate surface area is 143 Å². The average Bonchev–Trinajstić information content (AvgIpc) is 2.56. The predicted molar refractivity (Wildman–Crippen MR) is 88.7 cm³/mol. The van der Waals surface area contributed by atoms with Gasteiger partial charge in [0.25, 0.3) is 0 Å². The second-order valence-corrected chi connectivity index (χ2v) is 6.40. The molecule has 0 aliphatic carbocycles. The summed E-state index contributed by atoms with van der Waals surface area (Å²) < 4.78 is 18.9. The van der Waals surface area contributed by atoms with Gasteiger partial charge in [-0.25, -0.2) is 9.98 Å². The molecule has 0 aromatic carbocycles. The van der Waals surface area contributed by atoms with Gasteiger partial charge in [0, 0.05) is 37.6 Å². The lowest BCUT2D eigenvalue weighted by atomic mass is 9.98. The van der Waals surface area contributed by atoms with E-state index < -0.39 is 12.1 Å². The second-order valence-electron chi connectivity index (χ2n) is 5.61. The van der Waals surface area contributed by atoms with E-state index in [1.54, 1.807) is 6.20 Å². The fourth-order valence-corrected chi connectivity index (χ4v) is 3.17. The summed E-state index contributed by atoms with van der Waals surface area (Å²) in [4.78, 5) is 9.59. The van der Waals surface area contributed by atoms with Gasteiger partial charge in [-0.05, 0) is 18.8 Å². The molecule has 0 amide bonds. The third-order valence-electron chi connectivity index (χ3n) is 4.09. The Balaban J connectivity index is 1.92. The number of aliphatic imine (C=N–C) groups is 1. The van der Waals surface area contributed by atoms with Crippen LogP contribution in [0.15, 0.2) is 23.5 Å². The van der Waals surface area contributed by atoms with Crippen molar-refractivity contribution in [2.45, 2.75) is 19.0 Å². The van der Waals surface area contributed by atoms with Crippen molar-refractivity contribution >= 4 is 34.1 Å². The number of halogens is 3. The molecule has 2 aliphatic rings. The molecular formula is C15H17Cl2FN4O. The summed E-state index contributed by atoms with van der Waals surface area (Å²) in [6.07, 6.45) is 4.18. The quantitative estimate of drug-likeness (QED) is 0.843. The van der Waals surface area contributed by atoms with Gasteiger partial charge in [0.05, 0.1) is 16.9 Å². The maximum Gasteiger partial charge on any atom is 0.213 e. The molecule has 0 spiro atoms. The number of ether oxygens (including phenoxy) is 1. The first-order valence-corrected chi connectivity index (χ1v) is 8.16. The minimum atomic E-state index is -0.606. The van der Waals surface area contributed by atoms with Crippen LogP contribution in [0, 0.1) is 11.9 Å². The summed E-state index contributed by atoms with van der Waals surface area (Å²) >= 11 is 12.3. The highest BCUT2D eigenvalue weighted by atomic mass is 35.5. The van der Waals surface area contributed by atoms with Crippen LogP contribution in [0.5, 0.6) is 0 Å². The third-order valence-corrected chi connectivity index (χ3v) is 4.72. The van der Waals surface area contributed by atoms with Gasteiger partial charge in [0.15, 0.2) is 0 Å². The largest absolute Gasteiger partial charge is 0.381 e. The molecule has 0 radical (unpaired) electrons. The van der Waals surface area contributed by atoms with Gasteiger partial charge in [-0.2, -0.15) is 4.39 Å². The minimum Gasteiger partial charge on any atom is -0.381 e. The number of rotatable bonds is 3. The Kier molecular flexibility index (Phi) is 5.16. The van der Waals surface area contributed by atoms with Gasteiger partial charge >= 0.3 is 0 Å². The zero-order valence-electron chi connectivity index (χ0n) is 12.4. The van der Waals surface area contributed by atoms with Crippen LogP contribution in [0.25, 0.3) is 5.70 Å². The summed E-state index contributed by atoms with van der Waals surface area (Å²) in [5.74, 6) is -0.184. The van der Waals surface area contributed by atoms with Crippen LogP contribution < -0.4 is 5.73 Å². The summed E-state index contributed by atoms with van der Waals surface area (Å²) in [5, 5.41) is 0.640. The summed E-state index contributed by atoms with van der Waals surface area (Å²) in [5.41, 5.74) is 7.36. The summed E-state index contributed by atoms with van der Waals surface area (Å²) in [7, 11) is 0. The molecule has 1 atom stereocenters. The molecule has 2 N–H and O–H groups in total. The zero-order valence-corrected chi connectivity index (χ0v) is 13.9. The Morgan fingerprint density at radius 3 is 2.83 bits per heavy atom. The van der Waals surface area contributed by atoms with Crippen LogP contribution in [0.4, 0.5) is 4.39 Å². The highest BCUT2D eigenvalue weighted by molar-refractivity contribution is 6.66. The van der Waals surface area contributed by atoms with Crippen LogP contribution in [-0.2, 0) is 4.74 Å². The fourth-order valence-electron chi connectivity index (χ4n) is 2.80. The van der Waals surface area contributed by atoms with Crippen LogP contribution in [0.3, 0.4) is 0 Å². The Hall–Kier alpha value is -1.21. The van der Waals surface area contributed by atoms with Crippen LogP contribution in [0.2, 0.25) is 5.02 Å². The Bertz CT molecular complexity index is 646. The topological polar surface area (TPSA) is 63.7 Å². The first kappa shape index (κ1) is 16.6. The first-order chi connectivity index (χ1) is 11.1. The molecule has 0 bridgehead atoms. The molecule has 0 saturated carbocycles. The molecule has 1 aromatic heterocycles. The van der Waals surface area contributed by atoms with Crippen molar-refractivity contribution in [1.29, 1.82) is 0 Å². The highest BCUT2D eigenvalue weighted by Gasteiger charge is 2.29. The number of nitrogens with zero attached hydrogens (tertiary/aromatic N) is 3. The number of pyridine rings is 1. The van der Waals surface area contributed by atoms with Gasteiger partial charge in [0.2, 0.25) is 5.95 Å². The molecule has 2 aliphatic heterocycles. The lowest BCUT2D eigenvalue weighted by molar-refractivity contribution is 0.0574. The minimum absolute atomic E-state index is 0.298. The van der Waals surface area contributed by atoms with E-state index in [0.717, 1.165) is 26.1 Å². The third kappa shape index (κ3) is 3.66. The van der Waals surface area contributed by atoms with E-state index in [9.17, 15) is 4.39 Å². The standard InChI is InChI=1S/C15H17Cl2FN4O/c16-11-6-20-13(18)5-10(11)12-7-21-14(17)15(19)22(12)8-9-1-3-23-4-2-9/h5-7,9,15H,1-4,8,19H2. The smallest absolute Gasteiger partial charge is 0.213 e. The number of hydrogen-bond donors (Lipinski definition) is 1. The average molecular weight is 359 g/mol. The number of hydrogen-bond acceptors (Lipinski definition) is 5. The fraction of sp³-hybridized carbons (Fsp3) is 0.467. The van der Waals surface area contributed by atoms with Crippen molar-refractivity contribution in [2.24, 2.45) is 16.6 Å². The lowest BCUT2D eigenvalue weighted by Gasteiger charge is -2.38. The molecule has 1 aromatic rings. The monoisotopic (exact) mass is 358 g/mol. The molecule has 3 heterocycles. The van der Waals surface area contributed by atoms with Crippen molar-refractivity contribution in [3.63, 3.8) is 0 Å². The highest BCUT2D eigenvalue weighted by Crippen LogP contribution is 2.32. The number of aromatic nitrogens is 1. The van der Waals surface area contributed by atoms with E-state index in [0.29, 0.717) is 33.9 Å². The summed E-state index contributed by atoms with van der Waals surface area (Å²) in [6, 6.07) is 1.28. The normalized spacial score (nSPS) is 22.8. The molecule has 23 heavy (non-hydrogen) atoms. The molecule has 3 rings (SSSR count). The maximum absolute atomic E-state index is 13.5. The molecule has 1 saturated heterocycles. The van der Waals surface area contributed by atoms with E-state index in [-0.39, 0.29) is 0 Å². The van der Waals surface area contributed by atoms with Gasteiger partial charge in [0.1, 0.15) is 11.3 Å². The van der Waals surface area contributed by atoms with Crippen LogP contribution in [0.1, 0.15) is 18.4 Å². The summed E-state index contributed by atoms with van der Waals surface area (Å²) in [6.45, 7) is 2.15. The predicted octanol–water partition coefficient (Wildman–Crippen LogP) is 2.84. The van der Waals surface area contributed by atoms with E-state index in [1.165, 1.54) is 12.3 Å². The Morgan fingerprint density at radius 2 is 2.09 bits per heavy atom. The first-order valence-electron chi connectivity index (χ1n) is 7.41. The van der Waals surface area contributed by atoms with Crippen molar-refractivity contribution in [3.05, 3.63) is 35.0 Å². The van der Waals surface area contributed by atoms with E-state index in [4.69, 9.17) is 33.7 Å². The van der Waals surface area contributed by atoms with Gasteiger partial charge in [-0.3, -0.25) is 0 Å². The maximum atomic E-state index is 13.5. The zero-order chi connectivity index (χ0) is 16.4. The van der Waals surface area contributed by atoms with E-state index >= 15 is 0 Å². The van der Waals surface area contributed by atoms with Gasteiger partial charge in [-0.1, -0.05) is 23.2 Å². The van der Waals surface area contributed by atoms with Crippen LogP contribution >= 0.6 is 23.2 Å². The van der Waals surface area contributed by atoms with Crippen LogP contribution in [-0.4, -0.2) is 41.0 Å². The molecule has 5 nitrogen and oxygen atoms in total. The van der Waals surface area contributed by atoms with Crippen molar-refractivity contribution in [2.75, 3.05) is 19.8 Å². The van der Waals surface area contributed by atoms with Crippen molar-refractivity contribution in [3.8, 4) is 0 Å². The molecule has 124 valence electrons. The number of nitrogens with two attached hydrogens (primary N) is 1. The Morgan fingerprint density at radius 1 is 1.35 bits per heavy atom. The second kappa shape index (κ2) is 7.13. The van der Waals surface area contributed by atoms with E-state index in [1.807, 2.05) is 4.90 Å². The molecule has 1 unspecified atom stereocenters. The van der Waals surface area contributed by atoms with E-state index in [2.05, 4.69) is 9.98 Å². The molecular weight excluding hydrogens is 342 g/mol. The SMILES string of the molecule is NC1C(Cl)=NC=C(c2cc(F)ncc2Cl)N1CC1CCOCC1. The van der Waals surface area contributed by atoms with Gasteiger partial charge in [-0.15, -0.1) is 0 Å². The van der Waals surface area contributed by atoms with Crippen molar-refractivity contribution in [1.82, 2.24) is 9.88 Å². The molecule has 8 heteroatoms. The molecule has 1 fully saturated rings. The lowest BCUT2D eigenvalue weighted by Crippen LogP contribution is -2.49. The van der Waals surface area contributed by atoms with Crippen molar-refractivity contribution < 1.29 is 9.13 Å².